The van der Waals surface area contributed by atoms with Gasteiger partial charge in [-0.25, -0.2) is 4.79 Å². The fourth-order valence-electron chi connectivity index (χ4n) is 3.19. The molecule has 2 rings (SSSR count). The average molecular weight is 486 g/mol. The first kappa shape index (κ1) is 26.1. The number of halogens is 1. The first-order valence-electron chi connectivity index (χ1n) is 9.85. The molecule has 12 heteroatoms. The molecule has 0 spiro atoms. The third-order valence-electron chi connectivity index (χ3n) is 4.39. The zero-order chi connectivity index (χ0) is 24.7. The van der Waals surface area contributed by atoms with Crippen molar-refractivity contribution >= 4 is 41.4 Å². The Kier molecular flexibility index (Phi) is 9.18. The highest BCUT2D eigenvalue weighted by molar-refractivity contribution is 6.33. The molecule has 1 aromatic rings. The van der Waals surface area contributed by atoms with Crippen molar-refractivity contribution in [3.63, 3.8) is 0 Å². The van der Waals surface area contributed by atoms with E-state index in [9.17, 15) is 24.0 Å². The number of hydrogen-bond donors (Lipinski definition) is 1. The second-order valence-electron chi connectivity index (χ2n) is 7.11. The van der Waals surface area contributed by atoms with Gasteiger partial charge < -0.3 is 29.0 Å². The summed E-state index contributed by atoms with van der Waals surface area (Å²) in [7, 11) is 0. The van der Waals surface area contributed by atoms with E-state index < -0.39 is 67.0 Å². The lowest BCUT2D eigenvalue weighted by molar-refractivity contribution is -0.263. The van der Waals surface area contributed by atoms with Crippen LogP contribution in [0, 0.1) is 0 Å². The lowest BCUT2D eigenvalue weighted by atomic mass is 9.96. The minimum Gasteiger partial charge on any atom is -0.463 e. The van der Waals surface area contributed by atoms with Crippen LogP contribution in [0.25, 0.3) is 0 Å². The summed E-state index contributed by atoms with van der Waals surface area (Å²) in [6.45, 7) is 4.14. The Morgan fingerprint density at radius 3 is 2.06 bits per heavy atom. The summed E-state index contributed by atoms with van der Waals surface area (Å²) in [5, 5.41) is 2.61. The van der Waals surface area contributed by atoms with Gasteiger partial charge in [-0.1, -0.05) is 23.7 Å². The third kappa shape index (κ3) is 7.43. The predicted octanol–water partition coefficient (Wildman–Crippen LogP) is 1.15. The molecule has 0 saturated carbocycles. The molecule has 1 heterocycles. The predicted molar refractivity (Wildman–Crippen MR) is 111 cm³/mol. The molecule has 180 valence electrons. The Balaban J connectivity index is 2.45. The third-order valence-corrected chi connectivity index (χ3v) is 4.72. The smallest absolute Gasteiger partial charge is 0.342 e. The maximum atomic E-state index is 12.7. The van der Waals surface area contributed by atoms with Gasteiger partial charge >= 0.3 is 23.9 Å². The van der Waals surface area contributed by atoms with Gasteiger partial charge in [0.2, 0.25) is 12.2 Å². The van der Waals surface area contributed by atoms with Crippen molar-refractivity contribution in [1.82, 2.24) is 5.32 Å². The molecular formula is C21H24ClNO10. The second kappa shape index (κ2) is 11.6. The first-order valence-corrected chi connectivity index (χ1v) is 10.2. The van der Waals surface area contributed by atoms with Crippen LogP contribution in [0.4, 0.5) is 0 Å². The molecule has 1 N–H and O–H groups in total. The van der Waals surface area contributed by atoms with E-state index >= 15 is 0 Å². The molecule has 1 fully saturated rings. The Morgan fingerprint density at radius 1 is 0.909 bits per heavy atom. The van der Waals surface area contributed by atoms with Gasteiger partial charge in [0.15, 0.2) is 12.2 Å². The van der Waals surface area contributed by atoms with E-state index in [0.29, 0.717) is 0 Å². The summed E-state index contributed by atoms with van der Waals surface area (Å²) >= 11 is 6.05. The van der Waals surface area contributed by atoms with Gasteiger partial charge in [-0.15, -0.1) is 0 Å². The van der Waals surface area contributed by atoms with Crippen molar-refractivity contribution in [1.29, 1.82) is 0 Å². The monoisotopic (exact) mass is 485 g/mol. The van der Waals surface area contributed by atoms with E-state index in [-0.39, 0.29) is 10.6 Å². The van der Waals surface area contributed by atoms with Crippen molar-refractivity contribution in [3.8, 4) is 0 Å². The van der Waals surface area contributed by atoms with Gasteiger partial charge in [0.1, 0.15) is 18.8 Å². The number of benzene rings is 1. The van der Waals surface area contributed by atoms with E-state index in [2.05, 4.69) is 5.32 Å². The standard InChI is InChI=1S/C21H24ClNO10/c1-10(24)23-17-19(31-13(4)27)18(30-12(3)26)16(9-29-11(2)25)32-21(17)33-20(28)14-7-5-6-8-15(14)22/h5-8,16-19,21H,9H2,1-4H3,(H,23,24)/t16-,17+,18+,19-,21+/m1/s1. The molecule has 5 atom stereocenters. The van der Waals surface area contributed by atoms with Gasteiger partial charge in [-0.2, -0.15) is 0 Å². The number of esters is 4. The van der Waals surface area contributed by atoms with E-state index in [1.54, 1.807) is 12.1 Å². The molecule has 0 radical (unpaired) electrons. The first-order chi connectivity index (χ1) is 15.5. The maximum Gasteiger partial charge on any atom is 0.342 e. The molecule has 1 aliphatic rings. The minimum absolute atomic E-state index is 0.0204. The topological polar surface area (TPSA) is 144 Å². The van der Waals surface area contributed by atoms with Crippen LogP contribution in [0.5, 0.6) is 0 Å². The average Bonchev–Trinajstić information content (AvgIpc) is 2.70. The lowest BCUT2D eigenvalue weighted by Gasteiger charge is -2.44. The molecule has 0 unspecified atom stereocenters. The molecule has 1 aliphatic heterocycles. The molecule has 33 heavy (non-hydrogen) atoms. The normalized spacial score (nSPS) is 24.2. The van der Waals surface area contributed by atoms with Gasteiger partial charge in [-0.05, 0) is 12.1 Å². The van der Waals surface area contributed by atoms with E-state index in [1.165, 1.54) is 19.1 Å². The lowest BCUT2D eigenvalue weighted by Crippen LogP contribution is -2.66. The fourth-order valence-corrected chi connectivity index (χ4v) is 3.40. The van der Waals surface area contributed by atoms with Crippen LogP contribution >= 0.6 is 11.6 Å². The number of hydrogen-bond acceptors (Lipinski definition) is 10. The van der Waals surface area contributed by atoms with Crippen LogP contribution in [0.15, 0.2) is 24.3 Å². The molecule has 1 saturated heterocycles. The number of nitrogens with one attached hydrogen (secondary N) is 1. The number of rotatable bonds is 7. The summed E-state index contributed by atoms with van der Waals surface area (Å²) in [5.74, 6) is -3.63. The largest absolute Gasteiger partial charge is 0.463 e. The highest BCUT2D eigenvalue weighted by atomic mass is 35.5. The highest BCUT2D eigenvalue weighted by Gasteiger charge is 2.52. The summed E-state index contributed by atoms with van der Waals surface area (Å²) in [6.07, 6.45) is -5.35. The molecule has 0 bridgehead atoms. The molecule has 11 nitrogen and oxygen atoms in total. The van der Waals surface area contributed by atoms with Gasteiger partial charge in [-0.3, -0.25) is 19.2 Å². The van der Waals surface area contributed by atoms with Crippen LogP contribution in [0.2, 0.25) is 5.02 Å². The van der Waals surface area contributed by atoms with E-state index in [1.807, 2.05) is 0 Å². The Morgan fingerprint density at radius 2 is 1.52 bits per heavy atom. The highest BCUT2D eigenvalue weighted by Crippen LogP contribution is 2.29. The van der Waals surface area contributed by atoms with Crippen LogP contribution < -0.4 is 5.32 Å². The molecule has 1 amide bonds. The van der Waals surface area contributed by atoms with Crippen LogP contribution in [-0.2, 0) is 42.9 Å². The van der Waals surface area contributed by atoms with Gasteiger partial charge in [0.05, 0.1) is 10.6 Å². The zero-order valence-corrected chi connectivity index (χ0v) is 19.1. The summed E-state index contributed by atoms with van der Waals surface area (Å²) in [5.41, 5.74) is 0.0204. The Bertz CT molecular complexity index is 920. The quantitative estimate of drug-likeness (QED) is 0.441. The van der Waals surface area contributed by atoms with Crippen LogP contribution in [0.1, 0.15) is 38.1 Å². The molecule has 1 aromatic carbocycles. The minimum atomic E-state index is -1.52. The molecule has 0 aliphatic carbocycles. The summed E-state index contributed by atoms with van der Waals surface area (Å²) < 4.78 is 26.8. The number of ether oxygens (including phenoxy) is 5. The number of carbonyl (C=O) groups excluding carboxylic acids is 5. The van der Waals surface area contributed by atoms with Crippen LogP contribution in [-0.4, -0.2) is 67.0 Å². The molecule has 0 aromatic heterocycles. The van der Waals surface area contributed by atoms with Crippen molar-refractivity contribution in [2.24, 2.45) is 0 Å². The number of amides is 1. The Hall–Kier alpha value is -3.18. The van der Waals surface area contributed by atoms with Crippen molar-refractivity contribution in [3.05, 3.63) is 34.9 Å². The van der Waals surface area contributed by atoms with E-state index in [0.717, 1.165) is 20.8 Å². The summed E-state index contributed by atoms with van der Waals surface area (Å²) in [4.78, 5) is 59.5. The van der Waals surface area contributed by atoms with Crippen molar-refractivity contribution < 1.29 is 47.7 Å². The fraction of sp³-hybridized carbons (Fsp3) is 0.476. The zero-order valence-electron chi connectivity index (χ0n) is 18.4. The summed E-state index contributed by atoms with van der Waals surface area (Å²) in [6, 6.07) is 4.81. The second-order valence-corrected chi connectivity index (χ2v) is 7.51. The van der Waals surface area contributed by atoms with Gasteiger partial charge in [0.25, 0.3) is 0 Å². The SMILES string of the molecule is CC(=O)N[C@@H]1[C@H](OC(=O)c2ccccc2Cl)O[C@H](COC(C)=O)[C@H](OC(C)=O)[C@@H]1OC(C)=O. The van der Waals surface area contributed by atoms with Crippen molar-refractivity contribution in [2.75, 3.05) is 6.61 Å². The molecular weight excluding hydrogens is 462 g/mol. The van der Waals surface area contributed by atoms with Crippen molar-refractivity contribution in [2.45, 2.75) is 58.3 Å². The van der Waals surface area contributed by atoms with Gasteiger partial charge in [0, 0.05) is 27.7 Å². The number of carbonyl (C=O) groups is 5. The van der Waals surface area contributed by atoms with Crippen LogP contribution in [0.3, 0.4) is 0 Å². The maximum absolute atomic E-state index is 12.7. The van der Waals surface area contributed by atoms with E-state index in [4.69, 9.17) is 35.3 Å². The Labute approximate surface area is 194 Å².